The van der Waals surface area contributed by atoms with Gasteiger partial charge in [-0.15, -0.1) is 11.3 Å². The summed E-state index contributed by atoms with van der Waals surface area (Å²) >= 11 is 1.37. The predicted molar refractivity (Wildman–Crippen MR) is 182 cm³/mol. The first-order chi connectivity index (χ1) is 24.9. The van der Waals surface area contributed by atoms with Crippen molar-refractivity contribution in [3.63, 3.8) is 0 Å². The molecule has 2 aliphatic rings. The third-order valence-electron chi connectivity index (χ3n) is 9.27. The zero-order chi connectivity index (χ0) is 36.9. The fourth-order valence-electron chi connectivity index (χ4n) is 6.72. The van der Waals surface area contributed by atoms with Gasteiger partial charge in [-0.25, -0.2) is 18.6 Å². The second-order valence-corrected chi connectivity index (χ2v) is 13.4. The molecule has 0 saturated heterocycles. The van der Waals surface area contributed by atoms with Gasteiger partial charge in [-0.05, 0) is 42.3 Å². The highest BCUT2D eigenvalue weighted by Crippen LogP contribution is 2.57. The number of hydrogen-bond donors (Lipinski definition) is 0. The summed E-state index contributed by atoms with van der Waals surface area (Å²) in [6.07, 6.45) is -4.47. The van der Waals surface area contributed by atoms with Crippen molar-refractivity contribution in [3.05, 3.63) is 101 Å². The van der Waals surface area contributed by atoms with Crippen molar-refractivity contribution in [3.8, 4) is 28.3 Å². The molecule has 9 nitrogen and oxygen atoms in total. The minimum Gasteiger partial charge on any atom is -0.490 e. The lowest BCUT2D eigenvalue weighted by atomic mass is 9.96. The fourth-order valence-corrected chi connectivity index (χ4v) is 7.68. The summed E-state index contributed by atoms with van der Waals surface area (Å²) in [6, 6.07) is 14.8. The van der Waals surface area contributed by atoms with Crippen LogP contribution < -0.4 is 4.74 Å². The van der Waals surface area contributed by atoms with Crippen LogP contribution in [0.15, 0.2) is 72.3 Å². The summed E-state index contributed by atoms with van der Waals surface area (Å²) in [4.78, 5) is 31.0. The second-order valence-electron chi connectivity index (χ2n) is 12.5. The standard InChI is InChI=1S/C37H31F5N4O5S/c1-19-28-18-27(44-46(28)11-10-45(19)35(47)20(2)51-36(48)37(40,41)42)33-31(30-26(39)15-22(38)16-29(30)50-13-12-49-3)34-23(9-14-52-34)32(43-33)25-17-24(25)21-7-5-4-6-8-21/h4-9,14-16,18-19,24-25H,2,10-13,17H2,1,3H3/t19-,24-,25+/m1/s1. The first-order valence-corrected chi connectivity index (χ1v) is 17.2. The van der Waals surface area contributed by atoms with Crippen LogP contribution in [0.5, 0.6) is 5.75 Å². The van der Waals surface area contributed by atoms with Crippen LogP contribution in [0.4, 0.5) is 22.0 Å². The highest BCUT2D eigenvalue weighted by Gasteiger charge is 2.44. The van der Waals surface area contributed by atoms with Gasteiger partial charge in [0, 0.05) is 47.4 Å². The van der Waals surface area contributed by atoms with E-state index in [2.05, 4.69) is 23.4 Å². The van der Waals surface area contributed by atoms with E-state index in [0.717, 1.165) is 29.6 Å². The van der Waals surface area contributed by atoms with Gasteiger partial charge in [0.2, 0.25) is 0 Å². The minimum atomic E-state index is -5.31. The molecule has 7 rings (SSSR count). The lowest BCUT2D eigenvalue weighted by Crippen LogP contribution is -2.42. The van der Waals surface area contributed by atoms with E-state index in [0.29, 0.717) is 27.3 Å². The summed E-state index contributed by atoms with van der Waals surface area (Å²) < 4.78 is 86.7. The molecule has 3 aromatic heterocycles. The lowest BCUT2D eigenvalue weighted by molar-refractivity contribution is -0.196. The summed E-state index contributed by atoms with van der Waals surface area (Å²) in [7, 11) is 1.48. The number of esters is 1. The minimum absolute atomic E-state index is 0.00647. The van der Waals surface area contributed by atoms with Crippen LogP contribution in [0, 0.1) is 11.6 Å². The van der Waals surface area contributed by atoms with Crippen LogP contribution >= 0.6 is 11.3 Å². The average Bonchev–Trinajstić information content (AvgIpc) is 3.52. The maximum atomic E-state index is 16.1. The normalized spacial score (nSPS) is 18.3. The Morgan fingerprint density at radius 2 is 1.79 bits per heavy atom. The van der Waals surface area contributed by atoms with Gasteiger partial charge in [0.1, 0.15) is 35.4 Å². The van der Waals surface area contributed by atoms with Crippen LogP contribution in [0.1, 0.15) is 48.2 Å². The highest BCUT2D eigenvalue weighted by molar-refractivity contribution is 7.17. The molecule has 0 bridgehead atoms. The van der Waals surface area contributed by atoms with Crippen molar-refractivity contribution in [2.75, 3.05) is 26.9 Å². The molecular weight excluding hydrogens is 707 g/mol. The molecule has 15 heteroatoms. The Bertz CT molecular complexity index is 2200. The number of hydrogen-bond acceptors (Lipinski definition) is 8. The lowest BCUT2D eigenvalue weighted by Gasteiger charge is -2.34. The van der Waals surface area contributed by atoms with Crippen molar-refractivity contribution >= 4 is 33.3 Å². The number of fused-ring (bicyclic) bond motifs is 2. The smallest absolute Gasteiger partial charge is 0.490 e. The Hall–Kier alpha value is -5.15. The van der Waals surface area contributed by atoms with Gasteiger partial charge in [0.15, 0.2) is 5.76 Å². The molecule has 3 atom stereocenters. The third-order valence-corrected chi connectivity index (χ3v) is 10.2. The largest absolute Gasteiger partial charge is 0.491 e. The van der Waals surface area contributed by atoms with E-state index in [4.69, 9.17) is 19.6 Å². The first-order valence-electron chi connectivity index (χ1n) is 16.3. The Morgan fingerprint density at radius 1 is 1.02 bits per heavy atom. The molecule has 0 radical (unpaired) electrons. The van der Waals surface area contributed by atoms with Crippen molar-refractivity contribution < 1.29 is 45.8 Å². The van der Waals surface area contributed by atoms with Gasteiger partial charge in [-0.3, -0.25) is 9.48 Å². The van der Waals surface area contributed by atoms with Crippen LogP contribution in [0.2, 0.25) is 0 Å². The summed E-state index contributed by atoms with van der Waals surface area (Å²) in [5.74, 6) is -5.99. The molecular formula is C37H31F5N4O5S. The number of nitrogens with zero attached hydrogens (tertiary/aromatic N) is 4. The maximum Gasteiger partial charge on any atom is 0.491 e. The third kappa shape index (κ3) is 6.54. The number of alkyl halides is 3. The van der Waals surface area contributed by atoms with Crippen molar-refractivity contribution in [2.24, 2.45) is 0 Å². The number of ether oxygens (including phenoxy) is 3. The van der Waals surface area contributed by atoms with Gasteiger partial charge >= 0.3 is 12.1 Å². The maximum absolute atomic E-state index is 16.1. The molecule has 0 N–H and O–H groups in total. The van der Waals surface area contributed by atoms with Gasteiger partial charge in [0.25, 0.3) is 5.91 Å². The van der Waals surface area contributed by atoms with Crippen LogP contribution in [0.3, 0.4) is 0 Å². The zero-order valence-corrected chi connectivity index (χ0v) is 28.7. The Morgan fingerprint density at radius 3 is 2.52 bits per heavy atom. The molecule has 4 heterocycles. The summed E-state index contributed by atoms with van der Waals surface area (Å²) in [5.41, 5.74) is 3.43. The van der Waals surface area contributed by atoms with E-state index in [-0.39, 0.29) is 49.5 Å². The van der Waals surface area contributed by atoms with Crippen molar-refractivity contribution in [1.82, 2.24) is 19.7 Å². The molecule has 0 unspecified atom stereocenters. The zero-order valence-electron chi connectivity index (χ0n) is 27.9. The van der Waals surface area contributed by atoms with Gasteiger partial charge in [0.05, 0.1) is 36.1 Å². The van der Waals surface area contributed by atoms with Crippen molar-refractivity contribution in [1.29, 1.82) is 0 Å². The Labute approximate surface area is 298 Å². The van der Waals surface area contributed by atoms with Crippen LogP contribution in [-0.4, -0.2) is 64.6 Å². The number of methoxy groups -OCH3 is 1. The van der Waals surface area contributed by atoms with Crippen molar-refractivity contribution in [2.45, 2.75) is 43.9 Å². The average molecular weight is 739 g/mol. The van der Waals surface area contributed by atoms with E-state index in [9.17, 15) is 27.2 Å². The predicted octanol–water partition coefficient (Wildman–Crippen LogP) is 7.92. The summed E-state index contributed by atoms with van der Waals surface area (Å²) in [5, 5.41) is 7.53. The number of benzene rings is 2. The monoisotopic (exact) mass is 738 g/mol. The number of aromatic nitrogens is 3. The Balaban J connectivity index is 1.34. The fraction of sp³-hybridized carbons (Fsp3) is 0.297. The molecule has 0 spiro atoms. The molecule has 1 aliphatic heterocycles. The van der Waals surface area contributed by atoms with Gasteiger partial charge < -0.3 is 19.1 Å². The van der Waals surface area contributed by atoms with Gasteiger partial charge in [-0.2, -0.15) is 18.3 Å². The molecule has 1 aliphatic carbocycles. The quantitative estimate of drug-likeness (QED) is 0.0473. The molecule has 1 fully saturated rings. The van der Waals surface area contributed by atoms with Crippen LogP contribution in [-0.2, 0) is 25.6 Å². The Kier molecular flexibility index (Phi) is 9.34. The number of rotatable bonds is 10. The van der Waals surface area contributed by atoms with E-state index in [1.54, 1.807) is 17.7 Å². The number of carbonyl (C=O) groups excluding carboxylic acids is 2. The number of pyridine rings is 1. The summed E-state index contributed by atoms with van der Waals surface area (Å²) in [6.45, 7) is 5.23. The number of amides is 1. The molecule has 2 aromatic carbocycles. The van der Waals surface area contributed by atoms with Gasteiger partial charge in [-0.1, -0.05) is 36.9 Å². The molecule has 52 heavy (non-hydrogen) atoms. The SMILES string of the molecule is C=C(OC(=O)C(F)(F)F)C(=O)N1CCn2nc(-c3nc([C@H]4C[C@@H]4c4ccccc4)c4ccsc4c3-c3c(F)cc(F)cc3OCCOC)cc2[C@H]1C. The first kappa shape index (κ1) is 35.3. The molecule has 1 saturated carbocycles. The van der Waals surface area contributed by atoms with E-state index >= 15 is 4.39 Å². The molecule has 1 amide bonds. The number of thiophene rings is 1. The van der Waals surface area contributed by atoms with E-state index in [1.807, 2.05) is 29.6 Å². The van der Waals surface area contributed by atoms with Crippen LogP contribution in [0.25, 0.3) is 32.6 Å². The number of halogens is 5. The van der Waals surface area contributed by atoms with E-state index < -0.39 is 41.5 Å². The topological polar surface area (TPSA) is 95.8 Å². The number of carbonyl (C=O) groups is 2. The van der Waals surface area contributed by atoms with E-state index in [1.165, 1.54) is 28.9 Å². The second kappa shape index (κ2) is 13.8. The molecule has 270 valence electrons. The molecule has 5 aromatic rings. The highest BCUT2D eigenvalue weighted by atomic mass is 32.1.